The minimum absolute atomic E-state index is 0.189. The van der Waals surface area contributed by atoms with Gasteiger partial charge in [0, 0.05) is 24.7 Å². The number of rotatable bonds is 9. The Balaban J connectivity index is 1.81. The van der Waals surface area contributed by atoms with Crippen LogP contribution in [0.1, 0.15) is 49.2 Å². The molecule has 7 heteroatoms. The average Bonchev–Trinajstić information content (AvgIpc) is 3.29. The van der Waals surface area contributed by atoms with Gasteiger partial charge >= 0.3 is 0 Å². The Bertz CT molecular complexity index is 714. The highest BCUT2D eigenvalue weighted by molar-refractivity contribution is 7.99. The molecule has 0 spiro atoms. The van der Waals surface area contributed by atoms with E-state index < -0.39 is 0 Å². The first-order valence-corrected chi connectivity index (χ1v) is 10.1. The second-order valence-electron chi connectivity index (χ2n) is 6.54. The number of primary amides is 1. The van der Waals surface area contributed by atoms with Gasteiger partial charge in [0.05, 0.1) is 12.6 Å². The highest BCUT2D eigenvalue weighted by Gasteiger charge is 2.23. The molecule has 6 nitrogen and oxygen atoms in total. The standard InChI is InChI=1S/C19H26N4O2S/c1-2-16(14-7-4-3-5-8-14)26-19-22-21-18(11-10-17(20)24)23(19)13-15-9-6-12-25-15/h3-5,7-8,15-16H,2,6,9-13H2,1H3,(H2,20,24)/t15-,16-/m0/s1. The van der Waals surface area contributed by atoms with Crippen LogP contribution in [0, 0.1) is 0 Å². The molecule has 1 aliphatic heterocycles. The number of aryl methyl sites for hydroxylation is 1. The molecule has 1 aromatic carbocycles. The third-order valence-corrected chi connectivity index (χ3v) is 5.99. The molecule has 0 bridgehead atoms. The summed E-state index contributed by atoms with van der Waals surface area (Å²) in [5, 5.41) is 9.96. The van der Waals surface area contributed by atoms with Crippen LogP contribution >= 0.6 is 11.8 Å². The van der Waals surface area contributed by atoms with Crippen molar-refractivity contribution in [2.45, 2.75) is 62.1 Å². The Hall–Kier alpha value is -1.86. The molecule has 0 aliphatic carbocycles. The van der Waals surface area contributed by atoms with E-state index in [4.69, 9.17) is 10.5 Å². The molecule has 2 heterocycles. The van der Waals surface area contributed by atoms with Crippen molar-refractivity contribution in [2.24, 2.45) is 5.73 Å². The van der Waals surface area contributed by atoms with Crippen molar-refractivity contribution < 1.29 is 9.53 Å². The summed E-state index contributed by atoms with van der Waals surface area (Å²) in [5.74, 6) is 0.492. The topological polar surface area (TPSA) is 83.0 Å². The molecule has 1 saturated heterocycles. The van der Waals surface area contributed by atoms with Crippen LogP contribution in [-0.2, 0) is 22.5 Å². The molecule has 2 aromatic rings. The van der Waals surface area contributed by atoms with Gasteiger partial charge < -0.3 is 15.0 Å². The number of hydrogen-bond acceptors (Lipinski definition) is 5. The van der Waals surface area contributed by atoms with Crippen molar-refractivity contribution in [3.63, 3.8) is 0 Å². The van der Waals surface area contributed by atoms with Gasteiger partial charge in [0.15, 0.2) is 5.16 Å². The Morgan fingerprint density at radius 3 is 2.85 bits per heavy atom. The third kappa shape index (κ3) is 4.86. The van der Waals surface area contributed by atoms with Gasteiger partial charge in [-0.15, -0.1) is 10.2 Å². The second-order valence-corrected chi connectivity index (χ2v) is 7.71. The van der Waals surface area contributed by atoms with Crippen molar-refractivity contribution in [2.75, 3.05) is 6.61 Å². The molecular weight excluding hydrogens is 348 g/mol. The first kappa shape index (κ1) is 18.9. The molecule has 0 unspecified atom stereocenters. The highest BCUT2D eigenvalue weighted by Crippen LogP contribution is 2.37. The van der Waals surface area contributed by atoms with Gasteiger partial charge in [-0.3, -0.25) is 4.79 Å². The summed E-state index contributed by atoms with van der Waals surface area (Å²) in [6.07, 6.45) is 4.12. The van der Waals surface area contributed by atoms with Crippen molar-refractivity contribution in [1.29, 1.82) is 0 Å². The lowest BCUT2D eigenvalue weighted by Crippen LogP contribution is -2.19. The van der Waals surface area contributed by atoms with Gasteiger partial charge in [-0.2, -0.15) is 0 Å². The lowest BCUT2D eigenvalue weighted by Gasteiger charge is -2.18. The summed E-state index contributed by atoms with van der Waals surface area (Å²) in [4.78, 5) is 11.2. The zero-order valence-corrected chi connectivity index (χ0v) is 16.0. The number of carbonyl (C=O) groups excluding carboxylic acids is 1. The van der Waals surface area contributed by atoms with Gasteiger partial charge in [0.25, 0.3) is 0 Å². The van der Waals surface area contributed by atoms with E-state index in [9.17, 15) is 4.79 Å². The van der Waals surface area contributed by atoms with Gasteiger partial charge in [-0.1, -0.05) is 49.0 Å². The first-order chi connectivity index (χ1) is 12.7. The van der Waals surface area contributed by atoms with Gasteiger partial charge in [-0.25, -0.2) is 0 Å². The summed E-state index contributed by atoms with van der Waals surface area (Å²) in [6, 6.07) is 10.5. The molecule has 0 radical (unpaired) electrons. The predicted octanol–water partition coefficient (Wildman–Crippen LogP) is 3.12. The van der Waals surface area contributed by atoms with E-state index in [1.165, 1.54) is 5.56 Å². The number of amides is 1. The number of nitrogens with two attached hydrogens (primary N) is 1. The van der Waals surface area contributed by atoms with Gasteiger partial charge in [-0.05, 0) is 24.8 Å². The smallest absolute Gasteiger partial charge is 0.217 e. The van der Waals surface area contributed by atoms with E-state index in [1.807, 2.05) is 6.07 Å². The Kier molecular flexibility index (Phi) is 6.68. The van der Waals surface area contributed by atoms with Crippen LogP contribution in [-0.4, -0.2) is 33.4 Å². The maximum atomic E-state index is 11.2. The van der Waals surface area contributed by atoms with Crippen LogP contribution in [0.3, 0.4) is 0 Å². The normalized spacial score (nSPS) is 18.1. The highest BCUT2D eigenvalue weighted by atomic mass is 32.2. The Morgan fingerprint density at radius 1 is 1.38 bits per heavy atom. The van der Waals surface area contributed by atoms with Gasteiger partial charge in [0.2, 0.25) is 5.91 Å². The largest absolute Gasteiger partial charge is 0.376 e. The zero-order chi connectivity index (χ0) is 18.4. The predicted molar refractivity (Wildman–Crippen MR) is 102 cm³/mol. The number of thioether (sulfide) groups is 1. The van der Waals surface area contributed by atoms with Crippen LogP contribution in [0.25, 0.3) is 0 Å². The summed E-state index contributed by atoms with van der Waals surface area (Å²) in [5.41, 5.74) is 6.60. The summed E-state index contributed by atoms with van der Waals surface area (Å²) >= 11 is 1.72. The van der Waals surface area contributed by atoms with E-state index in [0.717, 1.165) is 43.4 Å². The fourth-order valence-electron chi connectivity index (χ4n) is 3.18. The maximum absolute atomic E-state index is 11.2. The lowest BCUT2D eigenvalue weighted by molar-refractivity contribution is -0.118. The minimum Gasteiger partial charge on any atom is -0.376 e. The zero-order valence-electron chi connectivity index (χ0n) is 15.1. The van der Waals surface area contributed by atoms with Crippen LogP contribution in [0.15, 0.2) is 35.5 Å². The van der Waals surface area contributed by atoms with Crippen LogP contribution in [0.4, 0.5) is 0 Å². The molecule has 1 amide bonds. The number of nitrogens with zero attached hydrogens (tertiary/aromatic N) is 3. The summed E-state index contributed by atoms with van der Waals surface area (Å²) < 4.78 is 7.92. The molecule has 2 N–H and O–H groups in total. The Morgan fingerprint density at radius 2 is 2.19 bits per heavy atom. The fraction of sp³-hybridized carbons (Fsp3) is 0.526. The second kappa shape index (κ2) is 9.19. The third-order valence-electron chi connectivity index (χ3n) is 4.59. The van der Waals surface area contributed by atoms with Crippen molar-refractivity contribution in [1.82, 2.24) is 14.8 Å². The number of carbonyl (C=O) groups is 1. The monoisotopic (exact) mass is 374 g/mol. The number of aromatic nitrogens is 3. The quantitative estimate of drug-likeness (QED) is 0.682. The maximum Gasteiger partial charge on any atom is 0.217 e. The fourth-order valence-corrected chi connectivity index (χ4v) is 4.29. The van der Waals surface area contributed by atoms with Crippen molar-refractivity contribution >= 4 is 17.7 Å². The van der Waals surface area contributed by atoms with Crippen LogP contribution < -0.4 is 5.73 Å². The van der Waals surface area contributed by atoms with Crippen molar-refractivity contribution in [3.05, 3.63) is 41.7 Å². The SMILES string of the molecule is CC[C@H](Sc1nnc(CCC(N)=O)n1C[C@@H]1CCCO1)c1ccccc1. The molecule has 1 aromatic heterocycles. The van der Waals surface area contributed by atoms with E-state index in [-0.39, 0.29) is 18.4 Å². The van der Waals surface area contributed by atoms with Gasteiger partial charge in [0.1, 0.15) is 5.82 Å². The molecule has 1 aliphatic rings. The van der Waals surface area contributed by atoms with Crippen LogP contribution in [0.5, 0.6) is 0 Å². The molecule has 26 heavy (non-hydrogen) atoms. The van der Waals surface area contributed by atoms with Crippen molar-refractivity contribution in [3.8, 4) is 0 Å². The summed E-state index contributed by atoms with van der Waals surface area (Å²) in [7, 11) is 0. The van der Waals surface area contributed by atoms with Crippen LogP contribution in [0.2, 0.25) is 0 Å². The number of benzene rings is 1. The molecule has 1 fully saturated rings. The average molecular weight is 375 g/mol. The van der Waals surface area contributed by atoms with E-state index in [2.05, 4.69) is 46.0 Å². The number of ether oxygens (including phenoxy) is 1. The Labute approximate surface area is 158 Å². The molecule has 3 rings (SSSR count). The molecule has 2 atom stereocenters. The number of hydrogen-bond donors (Lipinski definition) is 1. The molecule has 0 saturated carbocycles. The molecular formula is C19H26N4O2S. The summed E-state index contributed by atoms with van der Waals surface area (Å²) in [6.45, 7) is 3.72. The van der Waals surface area contributed by atoms with E-state index in [1.54, 1.807) is 11.8 Å². The minimum atomic E-state index is -0.318. The molecule has 140 valence electrons. The van der Waals surface area contributed by atoms with E-state index in [0.29, 0.717) is 11.7 Å². The lowest BCUT2D eigenvalue weighted by atomic mass is 10.1. The van der Waals surface area contributed by atoms with E-state index >= 15 is 0 Å². The first-order valence-electron chi connectivity index (χ1n) is 9.21.